The molecule has 0 saturated heterocycles. The number of benzene rings is 1. The van der Waals surface area contributed by atoms with Crippen molar-refractivity contribution in [2.24, 2.45) is 0 Å². The van der Waals surface area contributed by atoms with E-state index >= 15 is 0 Å². The summed E-state index contributed by atoms with van der Waals surface area (Å²) in [6, 6.07) is 13.6. The van der Waals surface area contributed by atoms with Gasteiger partial charge in [0.25, 0.3) is 0 Å². The van der Waals surface area contributed by atoms with Gasteiger partial charge in [-0.25, -0.2) is 0 Å². The van der Waals surface area contributed by atoms with Gasteiger partial charge in [0, 0.05) is 32.4 Å². The maximum absolute atomic E-state index is 12.0. The average molecular weight is 311 g/mol. The monoisotopic (exact) mass is 311 g/mol. The van der Waals surface area contributed by atoms with Crippen molar-refractivity contribution >= 4 is 11.8 Å². The van der Waals surface area contributed by atoms with Gasteiger partial charge >= 0.3 is 0 Å². The first-order valence-corrected chi connectivity index (χ1v) is 7.60. The van der Waals surface area contributed by atoms with Gasteiger partial charge in [0.1, 0.15) is 0 Å². The number of rotatable bonds is 7. The van der Waals surface area contributed by atoms with Crippen molar-refractivity contribution in [1.82, 2.24) is 15.2 Å². The minimum atomic E-state index is -0.162. The topological polar surface area (TPSA) is 62.3 Å². The molecule has 2 rings (SSSR count). The molecule has 0 bridgehead atoms. The average Bonchev–Trinajstić information content (AvgIpc) is 2.58. The van der Waals surface area contributed by atoms with Crippen molar-refractivity contribution in [1.29, 1.82) is 0 Å². The Labute approximate surface area is 136 Å². The largest absolute Gasteiger partial charge is 0.350 e. The van der Waals surface area contributed by atoms with Gasteiger partial charge in [-0.2, -0.15) is 0 Å². The first-order chi connectivity index (χ1) is 11.1. The van der Waals surface area contributed by atoms with E-state index in [-0.39, 0.29) is 18.4 Å². The minimum absolute atomic E-state index is 0.0766. The van der Waals surface area contributed by atoms with E-state index in [9.17, 15) is 9.59 Å². The second-order valence-electron chi connectivity index (χ2n) is 5.31. The Morgan fingerprint density at radius 3 is 2.39 bits per heavy atom. The quantitative estimate of drug-likeness (QED) is 0.848. The van der Waals surface area contributed by atoms with Crippen LogP contribution in [0.4, 0.5) is 0 Å². The van der Waals surface area contributed by atoms with Crippen LogP contribution in [0, 0.1) is 0 Å². The van der Waals surface area contributed by atoms with Crippen molar-refractivity contribution in [2.75, 3.05) is 13.1 Å². The van der Waals surface area contributed by atoms with Crippen LogP contribution in [-0.4, -0.2) is 34.8 Å². The molecule has 1 aromatic carbocycles. The summed E-state index contributed by atoms with van der Waals surface area (Å²) in [6.45, 7) is 2.53. The lowest BCUT2D eigenvalue weighted by molar-refractivity contribution is -0.134. The summed E-state index contributed by atoms with van der Waals surface area (Å²) in [4.78, 5) is 29.2. The normalized spacial score (nSPS) is 10.1. The van der Waals surface area contributed by atoms with Crippen molar-refractivity contribution in [3.8, 4) is 0 Å². The van der Waals surface area contributed by atoms with E-state index in [0.29, 0.717) is 13.1 Å². The molecular weight excluding hydrogens is 290 g/mol. The SMILES string of the molecule is CC(=O)N(CCc1ccccc1)CC(=O)NCc1ccncc1. The number of hydrogen-bond acceptors (Lipinski definition) is 3. The lowest BCUT2D eigenvalue weighted by atomic mass is 10.1. The highest BCUT2D eigenvalue weighted by Crippen LogP contribution is 2.02. The third-order valence-corrected chi connectivity index (χ3v) is 3.53. The molecule has 120 valence electrons. The molecule has 0 fully saturated rings. The number of nitrogens with one attached hydrogen (secondary N) is 1. The van der Waals surface area contributed by atoms with Crippen LogP contribution >= 0.6 is 0 Å². The van der Waals surface area contributed by atoms with Crippen LogP contribution in [-0.2, 0) is 22.6 Å². The van der Waals surface area contributed by atoms with E-state index in [1.807, 2.05) is 42.5 Å². The molecule has 23 heavy (non-hydrogen) atoms. The molecule has 0 atom stereocenters. The van der Waals surface area contributed by atoms with E-state index in [1.165, 1.54) is 6.92 Å². The van der Waals surface area contributed by atoms with Crippen molar-refractivity contribution < 1.29 is 9.59 Å². The predicted octanol–water partition coefficient (Wildman–Crippen LogP) is 1.79. The minimum Gasteiger partial charge on any atom is -0.350 e. The Balaban J connectivity index is 1.81. The van der Waals surface area contributed by atoms with Gasteiger partial charge in [-0.1, -0.05) is 30.3 Å². The molecule has 5 heteroatoms. The third kappa shape index (κ3) is 5.90. The van der Waals surface area contributed by atoms with Crippen LogP contribution in [0.25, 0.3) is 0 Å². The zero-order chi connectivity index (χ0) is 16.5. The summed E-state index contributed by atoms with van der Waals surface area (Å²) in [5, 5.41) is 2.82. The maximum Gasteiger partial charge on any atom is 0.239 e. The summed E-state index contributed by atoms with van der Waals surface area (Å²) < 4.78 is 0. The maximum atomic E-state index is 12.0. The highest BCUT2D eigenvalue weighted by atomic mass is 16.2. The summed E-state index contributed by atoms with van der Waals surface area (Å²) in [5.74, 6) is -0.259. The molecule has 0 aliphatic heterocycles. The van der Waals surface area contributed by atoms with Crippen LogP contribution in [0.1, 0.15) is 18.1 Å². The van der Waals surface area contributed by atoms with Gasteiger partial charge in [-0.15, -0.1) is 0 Å². The molecule has 1 heterocycles. The number of aromatic nitrogens is 1. The molecule has 2 aromatic rings. The molecule has 2 amide bonds. The zero-order valence-corrected chi connectivity index (χ0v) is 13.2. The fraction of sp³-hybridized carbons (Fsp3) is 0.278. The second kappa shape index (κ2) is 8.68. The van der Waals surface area contributed by atoms with Crippen LogP contribution in [0.5, 0.6) is 0 Å². The van der Waals surface area contributed by atoms with Crippen LogP contribution < -0.4 is 5.32 Å². The van der Waals surface area contributed by atoms with Crippen LogP contribution in [0.15, 0.2) is 54.9 Å². The Hall–Kier alpha value is -2.69. The fourth-order valence-electron chi connectivity index (χ4n) is 2.19. The highest BCUT2D eigenvalue weighted by molar-refractivity contribution is 5.83. The lowest BCUT2D eigenvalue weighted by Crippen LogP contribution is -2.40. The Bertz CT molecular complexity index is 629. The van der Waals surface area contributed by atoms with E-state index in [1.54, 1.807) is 17.3 Å². The molecule has 0 unspecified atom stereocenters. The Kier molecular flexibility index (Phi) is 6.29. The summed E-state index contributed by atoms with van der Waals surface area (Å²) >= 11 is 0. The van der Waals surface area contributed by atoms with Gasteiger partial charge in [0.2, 0.25) is 11.8 Å². The van der Waals surface area contributed by atoms with Gasteiger partial charge in [0.05, 0.1) is 6.54 Å². The second-order valence-corrected chi connectivity index (χ2v) is 5.31. The van der Waals surface area contributed by atoms with E-state index in [2.05, 4.69) is 10.3 Å². The molecule has 0 saturated carbocycles. The molecule has 1 aromatic heterocycles. The fourth-order valence-corrected chi connectivity index (χ4v) is 2.19. The van der Waals surface area contributed by atoms with Crippen molar-refractivity contribution in [2.45, 2.75) is 19.9 Å². The molecular formula is C18H21N3O2. The molecule has 0 radical (unpaired) electrons. The number of nitrogens with zero attached hydrogens (tertiary/aromatic N) is 2. The number of amides is 2. The molecule has 0 spiro atoms. The number of carbonyl (C=O) groups is 2. The Morgan fingerprint density at radius 2 is 1.74 bits per heavy atom. The van der Waals surface area contributed by atoms with Crippen LogP contribution in [0.2, 0.25) is 0 Å². The number of hydrogen-bond donors (Lipinski definition) is 1. The number of carbonyl (C=O) groups excluding carboxylic acids is 2. The zero-order valence-electron chi connectivity index (χ0n) is 13.2. The smallest absolute Gasteiger partial charge is 0.239 e. The first kappa shape index (κ1) is 16.7. The van der Waals surface area contributed by atoms with E-state index in [0.717, 1.165) is 17.5 Å². The van der Waals surface area contributed by atoms with Gasteiger partial charge in [-0.3, -0.25) is 14.6 Å². The van der Waals surface area contributed by atoms with Crippen molar-refractivity contribution in [3.63, 3.8) is 0 Å². The molecule has 1 N–H and O–H groups in total. The summed E-state index contributed by atoms with van der Waals surface area (Å²) in [6.07, 6.45) is 4.10. The summed E-state index contributed by atoms with van der Waals surface area (Å²) in [5.41, 5.74) is 2.13. The lowest BCUT2D eigenvalue weighted by Gasteiger charge is -2.20. The third-order valence-electron chi connectivity index (χ3n) is 3.53. The summed E-state index contributed by atoms with van der Waals surface area (Å²) in [7, 11) is 0. The van der Waals surface area contributed by atoms with Gasteiger partial charge in [0.15, 0.2) is 0 Å². The van der Waals surface area contributed by atoms with Gasteiger partial charge < -0.3 is 10.2 Å². The molecule has 0 aliphatic carbocycles. The van der Waals surface area contributed by atoms with Crippen LogP contribution in [0.3, 0.4) is 0 Å². The molecule has 5 nitrogen and oxygen atoms in total. The van der Waals surface area contributed by atoms with E-state index < -0.39 is 0 Å². The van der Waals surface area contributed by atoms with Gasteiger partial charge in [-0.05, 0) is 29.7 Å². The Morgan fingerprint density at radius 1 is 1.04 bits per heavy atom. The van der Waals surface area contributed by atoms with E-state index in [4.69, 9.17) is 0 Å². The number of pyridine rings is 1. The standard InChI is InChI=1S/C18H21N3O2/c1-15(22)21(12-9-16-5-3-2-4-6-16)14-18(23)20-13-17-7-10-19-11-8-17/h2-8,10-11H,9,12-14H2,1H3,(H,20,23). The van der Waals surface area contributed by atoms with Crippen molar-refractivity contribution in [3.05, 3.63) is 66.0 Å². The molecule has 0 aliphatic rings. The predicted molar refractivity (Wildman–Crippen MR) is 88.5 cm³/mol. The first-order valence-electron chi connectivity index (χ1n) is 7.60. The highest BCUT2D eigenvalue weighted by Gasteiger charge is 2.13.